The third-order valence-electron chi connectivity index (χ3n) is 7.45. The highest BCUT2D eigenvalue weighted by Crippen LogP contribution is 2.42. The van der Waals surface area contributed by atoms with Gasteiger partial charge in [0.2, 0.25) is 0 Å². The molecule has 4 heterocycles. The van der Waals surface area contributed by atoms with E-state index in [0.29, 0.717) is 13.1 Å². The molecule has 2 atom stereocenters. The topological polar surface area (TPSA) is 59.1 Å². The van der Waals surface area contributed by atoms with Gasteiger partial charge in [0.25, 0.3) is 0 Å². The van der Waals surface area contributed by atoms with Gasteiger partial charge in [-0.05, 0) is 110 Å². The minimum atomic E-state index is -0.492. The number of rotatable bonds is 2. The Labute approximate surface area is 290 Å². The van der Waals surface area contributed by atoms with Gasteiger partial charge in [0, 0.05) is 22.8 Å². The second-order valence-corrected chi connectivity index (χ2v) is 16.7. The van der Waals surface area contributed by atoms with Crippen molar-refractivity contribution < 1.29 is 19.1 Å². The molecule has 0 saturated carbocycles. The van der Waals surface area contributed by atoms with Crippen LogP contribution in [-0.2, 0) is 22.3 Å². The maximum absolute atomic E-state index is 12.7. The highest BCUT2D eigenvalue weighted by molar-refractivity contribution is 9.11. The molecule has 4 aromatic rings. The average molecular weight is 726 g/mol. The van der Waals surface area contributed by atoms with E-state index >= 15 is 0 Å². The number of benzene rings is 2. The average Bonchev–Trinajstić information content (AvgIpc) is 3.61. The molecule has 9 heteroatoms. The Bertz CT molecular complexity index is 1610. The first-order chi connectivity index (χ1) is 21.3. The fourth-order valence-electron chi connectivity index (χ4n) is 5.70. The lowest BCUT2D eigenvalue weighted by molar-refractivity contribution is 0.0169. The number of amides is 2. The Morgan fingerprint density at radius 2 is 1.17 bits per heavy atom. The van der Waals surface area contributed by atoms with Gasteiger partial charge in [-0.25, -0.2) is 9.59 Å². The second kappa shape index (κ2) is 14.7. The van der Waals surface area contributed by atoms with E-state index in [0.717, 1.165) is 27.8 Å². The number of carbonyl (C=O) groups excluding carboxylic acids is 2. The van der Waals surface area contributed by atoms with Crippen molar-refractivity contribution in [2.45, 2.75) is 85.1 Å². The van der Waals surface area contributed by atoms with Crippen molar-refractivity contribution in [3.05, 3.63) is 114 Å². The summed E-state index contributed by atoms with van der Waals surface area (Å²) in [5.74, 6) is 0. The molecular weight excluding hydrogens is 680 g/mol. The largest absolute Gasteiger partial charge is 0.444 e. The molecule has 2 aliphatic heterocycles. The Balaban J connectivity index is 0.000000205. The van der Waals surface area contributed by atoms with Crippen molar-refractivity contribution in [3.63, 3.8) is 0 Å². The number of thiophene rings is 2. The lowest BCUT2D eigenvalue weighted by Gasteiger charge is -2.37. The zero-order valence-corrected chi connectivity index (χ0v) is 29.9. The lowest BCUT2D eigenvalue weighted by atomic mass is 9.94. The van der Waals surface area contributed by atoms with E-state index in [-0.39, 0.29) is 31.7 Å². The van der Waals surface area contributed by atoms with Crippen LogP contribution in [0, 0.1) is 0 Å². The van der Waals surface area contributed by atoms with Crippen LogP contribution >= 0.6 is 38.6 Å². The van der Waals surface area contributed by atoms with Crippen molar-refractivity contribution in [3.8, 4) is 0 Å². The summed E-state index contributed by atoms with van der Waals surface area (Å²) < 4.78 is 12.3. The van der Waals surface area contributed by atoms with E-state index in [1.807, 2.05) is 87.7 Å². The molecule has 246 valence electrons. The standard InChI is InChI=1S/C18H20BrNO2S.C18H21NO2S.CH4/c1-18(2,3)22-17(21)20-10-9-14-13(11-15(19)23-14)16(20)12-7-5-4-6-8-12;1-18(2,3)21-17(20)19-11-9-15-14(10-12-22-15)16(19)13-7-5-4-6-8-13;/h4-8,11,16H,9-10H2,1-3H3;4-8,10,12,16H,9,11H2,1-3H3;1H4. The third-order valence-corrected chi connectivity index (χ3v) is 10.2. The van der Waals surface area contributed by atoms with Crippen LogP contribution in [0.4, 0.5) is 9.59 Å². The lowest BCUT2D eigenvalue weighted by Crippen LogP contribution is -2.43. The molecule has 0 spiro atoms. The van der Waals surface area contributed by atoms with Crippen molar-refractivity contribution in [2.75, 3.05) is 13.1 Å². The summed E-state index contributed by atoms with van der Waals surface area (Å²) in [6.07, 6.45) is 1.28. The van der Waals surface area contributed by atoms with Gasteiger partial charge in [0.1, 0.15) is 11.2 Å². The second-order valence-electron chi connectivity index (χ2n) is 13.2. The molecule has 2 aromatic carbocycles. The van der Waals surface area contributed by atoms with Crippen LogP contribution in [-0.4, -0.2) is 46.3 Å². The molecule has 2 amide bonds. The zero-order chi connectivity index (χ0) is 32.4. The Hall–Kier alpha value is -3.14. The van der Waals surface area contributed by atoms with Crippen LogP contribution in [0.2, 0.25) is 0 Å². The molecule has 0 aliphatic carbocycles. The number of halogens is 1. The van der Waals surface area contributed by atoms with Gasteiger partial charge < -0.3 is 9.47 Å². The Morgan fingerprint density at radius 3 is 1.65 bits per heavy atom. The number of hydrogen-bond acceptors (Lipinski definition) is 6. The van der Waals surface area contributed by atoms with Gasteiger partial charge >= 0.3 is 12.2 Å². The Kier molecular flexibility index (Phi) is 11.4. The van der Waals surface area contributed by atoms with E-state index in [9.17, 15) is 9.59 Å². The van der Waals surface area contributed by atoms with Crippen molar-refractivity contribution in [1.82, 2.24) is 9.80 Å². The monoisotopic (exact) mass is 724 g/mol. The molecule has 2 aliphatic rings. The summed E-state index contributed by atoms with van der Waals surface area (Å²) in [5.41, 5.74) is 3.71. The van der Waals surface area contributed by atoms with E-state index < -0.39 is 11.2 Å². The van der Waals surface area contributed by atoms with Crippen LogP contribution in [0.3, 0.4) is 0 Å². The normalized spacial score (nSPS) is 17.5. The highest BCUT2D eigenvalue weighted by Gasteiger charge is 2.37. The first-order valence-electron chi connectivity index (χ1n) is 15.2. The quantitative estimate of drug-likeness (QED) is 0.206. The van der Waals surface area contributed by atoms with Crippen molar-refractivity contribution >= 4 is 50.8 Å². The molecule has 0 saturated heterocycles. The fourth-order valence-corrected chi connectivity index (χ4v) is 8.33. The van der Waals surface area contributed by atoms with E-state index in [2.05, 4.69) is 57.7 Å². The predicted octanol–water partition coefficient (Wildman–Crippen LogP) is 10.7. The van der Waals surface area contributed by atoms with Crippen LogP contribution < -0.4 is 0 Å². The van der Waals surface area contributed by atoms with Gasteiger partial charge in [0.15, 0.2) is 0 Å². The minimum absolute atomic E-state index is 0. The molecule has 2 aromatic heterocycles. The first-order valence-corrected chi connectivity index (χ1v) is 17.7. The van der Waals surface area contributed by atoms with Crippen LogP contribution in [0.1, 0.15) is 93.1 Å². The maximum atomic E-state index is 12.7. The number of hydrogen-bond donors (Lipinski definition) is 0. The van der Waals surface area contributed by atoms with Gasteiger partial charge in [-0.1, -0.05) is 68.1 Å². The van der Waals surface area contributed by atoms with Crippen molar-refractivity contribution in [2.24, 2.45) is 0 Å². The highest BCUT2D eigenvalue weighted by atomic mass is 79.9. The summed E-state index contributed by atoms with van der Waals surface area (Å²) in [6, 6.07) is 24.5. The number of carbonyl (C=O) groups is 2. The third kappa shape index (κ3) is 8.60. The SMILES string of the molecule is C.CC(C)(C)OC(=O)N1CCc2sc(Br)cc2C1c1ccccc1.CC(C)(C)OC(=O)N1CCc2sccc2C1c1ccccc1. The summed E-state index contributed by atoms with van der Waals surface area (Å²) in [6.45, 7) is 12.8. The van der Waals surface area contributed by atoms with Crippen LogP contribution in [0.15, 0.2) is 82.0 Å². The van der Waals surface area contributed by atoms with Crippen LogP contribution in [0.5, 0.6) is 0 Å². The van der Waals surface area contributed by atoms with Gasteiger partial charge in [-0.2, -0.15) is 0 Å². The van der Waals surface area contributed by atoms with Crippen molar-refractivity contribution in [1.29, 1.82) is 0 Å². The molecule has 46 heavy (non-hydrogen) atoms. The molecule has 6 nitrogen and oxygen atoms in total. The van der Waals surface area contributed by atoms with Crippen LogP contribution in [0.25, 0.3) is 0 Å². The zero-order valence-electron chi connectivity index (χ0n) is 26.7. The molecule has 2 unspecified atom stereocenters. The molecular formula is C37H45BrN2O4S2. The van der Waals surface area contributed by atoms with E-state index in [1.54, 1.807) is 22.7 Å². The van der Waals surface area contributed by atoms with Gasteiger partial charge in [0.05, 0.1) is 15.9 Å². The summed E-state index contributed by atoms with van der Waals surface area (Å²) in [5, 5.41) is 2.11. The molecule has 0 bridgehead atoms. The smallest absolute Gasteiger partial charge is 0.411 e. The van der Waals surface area contributed by atoms with Gasteiger partial charge in [-0.3, -0.25) is 9.80 Å². The summed E-state index contributed by atoms with van der Waals surface area (Å²) in [4.78, 5) is 31.8. The van der Waals surface area contributed by atoms with E-state index in [1.165, 1.54) is 20.9 Å². The Morgan fingerprint density at radius 1 is 0.717 bits per heavy atom. The maximum Gasteiger partial charge on any atom is 0.411 e. The van der Waals surface area contributed by atoms with Gasteiger partial charge in [-0.15, -0.1) is 22.7 Å². The predicted molar refractivity (Wildman–Crippen MR) is 193 cm³/mol. The molecule has 0 N–H and O–H groups in total. The minimum Gasteiger partial charge on any atom is -0.444 e. The summed E-state index contributed by atoms with van der Waals surface area (Å²) in [7, 11) is 0. The fraction of sp³-hybridized carbons (Fsp3) is 0.405. The summed E-state index contributed by atoms with van der Waals surface area (Å²) >= 11 is 7.11. The number of ether oxygens (including phenoxy) is 2. The molecule has 0 radical (unpaired) electrons. The number of fused-ring (bicyclic) bond motifs is 2. The number of nitrogens with zero attached hydrogens (tertiary/aromatic N) is 2. The van der Waals surface area contributed by atoms with E-state index in [4.69, 9.17) is 9.47 Å². The first kappa shape index (κ1) is 35.7. The molecule has 0 fully saturated rings. The molecule has 6 rings (SSSR count).